The molecule has 0 amide bonds. The fourth-order valence-electron chi connectivity index (χ4n) is 2.30. The van der Waals surface area contributed by atoms with Gasteiger partial charge in [-0.05, 0) is 18.2 Å². The van der Waals surface area contributed by atoms with Crippen molar-refractivity contribution < 1.29 is 19.0 Å². The molecule has 23 heavy (non-hydrogen) atoms. The van der Waals surface area contributed by atoms with Crippen molar-refractivity contribution in [2.45, 2.75) is 30.7 Å². The van der Waals surface area contributed by atoms with Crippen molar-refractivity contribution in [1.29, 1.82) is 0 Å². The summed E-state index contributed by atoms with van der Waals surface area (Å²) in [6, 6.07) is 3.13. The van der Waals surface area contributed by atoms with E-state index in [0.717, 1.165) is 12.1 Å². The lowest BCUT2D eigenvalue weighted by Gasteiger charge is -2.34. The van der Waals surface area contributed by atoms with Crippen molar-refractivity contribution in [3.05, 3.63) is 48.1 Å². The van der Waals surface area contributed by atoms with Crippen LogP contribution in [0.3, 0.4) is 0 Å². The quantitative estimate of drug-likeness (QED) is 0.717. The molecule has 1 aromatic heterocycles. The molecule has 0 aliphatic rings. The Morgan fingerprint density at radius 1 is 1.39 bits per heavy atom. The van der Waals surface area contributed by atoms with Crippen LogP contribution in [-0.4, -0.2) is 42.6 Å². The molecule has 0 aliphatic carbocycles. The van der Waals surface area contributed by atoms with Crippen LogP contribution in [0.2, 0.25) is 0 Å². The van der Waals surface area contributed by atoms with Gasteiger partial charge in [-0.3, -0.25) is 0 Å². The number of hydrogen-bond acceptors (Lipinski definition) is 5. The first kappa shape index (κ1) is 17.8. The Balaban J connectivity index is 2.33. The molecule has 0 bridgehead atoms. The summed E-state index contributed by atoms with van der Waals surface area (Å²) in [5.74, 6) is -0.891. The zero-order valence-electron chi connectivity index (χ0n) is 12.7. The number of hydrogen-bond donors (Lipinski definition) is 2. The highest BCUT2D eigenvalue weighted by Gasteiger charge is 2.39. The molecule has 1 aromatic carbocycles. The second-order valence-electron chi connectivity index (χ2n) is 5.23. The van der Waals surface area contributed by atoms with E-state index in [1.807, 2.05) is 0 Å². The summed E-state index contributed by atoms with van der Waals surface area (Å²) in [7, 11) is 0. The van der Waals surface area contributed by atoms with E-state index in [2.05, 4.69) is 10.1 Å². The topological polar surface area (TPSA) is 71.2 Å². The van der Waals surface area contributed by atoms with E-state index < -0.39 is 22.5 Å². The number of nitrogens with zero attached hydrogens (tertiary/aromatic N) is 3. The van der Waals surface area contributed by atoms with Crippen molar-refractivity contribution >= 4 is 11.8 Å². The van der Waals surface area contributed by atoms with Crippen molar-refractivity contribution in [3.8, 4) is 0 Å². The number of halogens is 2. The van der Waals surface area contributed by atoms with Crippen LogP contribution in [0.4, 0.5) is 8.78 Å². The normalized spacial score (nSPS) is 15.3. The Labute approximate surface area is 137 Å². The summed E-state index contributed by atoms with van der Waals surface area (Å²) in [6.45, 7) is 1.80. The van der Waals surface area contributed by atoms with Crippen molar-refractivity contribution in [3.63, 3.8) is 0 Å². The predicted molar refractivity (Wildman–Crippen MR) is 83.9 cm³/mol. The summed E-state index contributed by atoms with van der Waals surface area (Å²) in [6.07, 6.45) is 3.32. The van der Waals surface area contributed by atoms with Crippen molar-refractivity contribution in [2.24, 2.45) is 0 Å². The zero-order valence-corrected chi connectivity index (χ0v) is 13.5. The Kier molecular flexibility index (Phi) is 6.09. The Morgan fingerprint density at radius 3 is 2.78 bits per heavy atom. The molecule has 0 saturated heterocycles. The highest BCUT2D eigenvalue weighted by molar-refractivity contribution is 7.99. The summed E-state index contributed by atoms with van der Waals surface area (Å²) in [5.41, 5.74) is -1.58. The van der Waals surface area contributed by atoms with Gasteiger partial charge in [0.1, 0.15) is 29.9 Å². The van der Waals surface area contributed by atoms with Crippen LogP contribution in [0.25, 0.3) is 0 Å². The average Bonchev–Trinajstić information content (AvgIpc) is 2.99. The molecule has 2 N–H and O–H groups in total. The zero-order chi connectivity index (χ0) is 16.9. The van der Waals surface area contributed by atoms with E-state index >= 15 is 0 Å². The van der Waals surface area contributed by atoms with Gasteiger partial charge >= 0.3 is 0 Å². The van der Waals surface area contributed by atoms with E-state index in [0.29, 0.717) is 12.2 Å². The Bertz CT molecular complexity index is 627. The third-order valence-electron chi connectivity index (χ3n) is 3.61. The number of aliphatic hydroxyl groups is 2. The van der Waals surface area contributed by atoms with Gasteiger partial charge in [0.15, 0.2) is 0 Å². The fraction of sp³-hybridized carbons (Fsp3) is 0.467. The summed E-state index contributed by atoms with van der Waals surface area (Å²) in [5, 5.41) is 23.6. The maximum atomic E-state index is 14.2. The maximum absolute atomic E-state index is 14.2. The lowest BCUT2D eigenvalue weighted by atomic mass is 9.90. The minimum Gasteiger partial charge on any atom is -0.396 e. The van der Waals surface area contributed by atoms with Crippen LogP contribution in [-0.2, 0) is 12.1 Å². The SMILES string of the molecule is CC(SCCCO)C(O)(Cn1cncn1)c1ccc(F)cc1F. The third-order valence-corrected chi connectivity index (χ3v) is 5.02. The van der Waals surface area contributed by atoms with Crippen LogP contribution >= 0.6 is 11.8 Å². The molecule has 8 heteroatoms. The average molecular weight is 343 g/mol. The van der Waals surface area contributed by atoms with Crippen LogP contribution in [0.1, 0.15) is 18.9 Å². The highest BCUT2D eigenvalue weighted by Crippen LogP contribution is 2.36. The molecule has 0 radical (unpaired) electrons. The van der Waals surface area contributed by atoms with Gasteiger partial charge in [0.05, 0.1) is 6.54 Å². The minimum atomic E-state index is -1.59. The first-order chi connectivity index (χ1) is 11.0. The molecule has 2 rings (SSSR count). The first-order valence-corrected chi connectivity index (χ1v) is 8.25. The van der Waals surface area contributed by atoms with E-state index in [9.17, 15) is 13.9 Å². The fourth-order valence-corrected chi connectivity index (χ4v) is 3.42. The Hall–Kier alpha value is -1.51. The molecule has 0 aliphatic heterocycles. The third kappa shape index (κ3) is 4.27. The highest BCUT2D eigenvalue weighted by atomic mass is 32.2. The standard InChI is InChI=1S/C15H19F2N3O2S/c1-11(23-6-2-5-21)15(22,8-20-10-18-9-19-20)13-4-3-12(16)7-14(13)17/h3-4,7,9-11,21-22H,2,5-6,8H2,1H3. The monoisotopic (exact) mass is 343 g/mol. The molecule has 0 saturated carbocycles. The number of thioether (sulfide) groups is 1. The molecule has 0 spiro atoms. The van der Waals surface area contributed by atoms with E-state index in [4.69, 9.17) is 5.11 Å². The second kappa shape index (κ2) is 7.85. The molecule has 126 valence electrons. The van der Waals surface area contributed by atoms with Gasteiger partial charge < -0.3 is 10.2 Å². The molecular weight excluding hydrogens is 324 g/mol. The molecule has 2 atom stereocenters. The molecular formula is C15H19F2N3O2S. The smallest absolute Gasteiger partial charge is 0.137 e. The lowest BCUT2D eigenvalue weighted by Crippen LogP contribution is -2.41. The molecule has 2 aromatic rings. The number of rotatable bonds is 8. The number of benzene rings is 1. The van der Waals surface area contributed by atoms with Crippen molar-refractivity contribution in [2.75, 3.05) is 12.4 Å². The molecule has 1 heterocycles. The van der Waals surface area contributed by atoms with E-state index in [1.165, 1.54) is 35.2 Å². The first-order valence-electron chi connectivity index (χ1n) is 7.20. The number of aromatic nitrogens is 3. The van der Waals surface area contributed by atoms with Gasteiger partial charge in [-0.2, -0.15) is 16.9 Å². The van der Waals surface area contributed by atoms with Crippen molar-refractivity contribution in [1.82, 2.24) is 14.8 Å². The summed E-state index contributed by atoms with van der Waals surface area (Å²) < 4.78 is 28.8. The van der Waals surface area contributed by atoms with Gasteiger partial charge in [-0.1, -0.05) is 13.0 Å². The van der Waals surface area contributed by atoms with Gasteiger partial charge in [0.2, 0.25) is 0 Å². The van der Waals surface area contributed by atoms with Crippen LogP contribution in [0.5, 0.6) is 0 Å². The Morgan fingerprint density at radius 2 is 2.17 bits per heavy atom. The van der Waals surface area contributed by atoms with Crippen LogP contribution in [0, 0.1) is 11.6 Å². The van der Waals surface area contributed by atoms with Gasteiger partial charge in [-0.15, -0.1) is 0 Å². The minimum absolute atomic E-state index is 0.0111. The summed E-state index contributed by atoms with van der Waals surface area (Å²) in [4.78, 5) is 3.82. The second-order valence-corrected chi connectivity index (χ2v) is 6.68. The van der Waals surface area contributed by atoms with Gasteiger partial charge in [-0.25, -0.2) is 18.4 Å². The molecule has 5 nitrogen and oxygen atoms in total. The molecule has 2 unspecified atom stereocenters. The van der Waals surface area contributed by atoms with E-state index in [-0.39, 0.29) is 18.7 Å². The van der Waals surface area contributed by atoms with Gasteiger partial charge in [0, 0.05) is 23.5 Å². The molecule has 0 fully saturated rings. The summed E-state index contributed by atoms with van der Waals surface area (Å²) >= 11 is 1.41. The maximum Gasteiger partial charge on any atom is 0.137 e. The van der Waals surface area contributed by atoms with E-state index in [1.54, 1.807) is 6.92 Å². The predicted octanol–water partition coefficient (Wildman–Crippen LogP) is 1.95. The lowest BCUT2D eigenvalue weighted by molar-refractivity contribution is 0.0133. The largest absolute Gasteiger partial charge is 0.396 e. The van der Waals surface area contributed by atoms with Gasteiger partial charge in [0.25, 0.3) is 0 Å². The van der Waals surface area contributed by atoms with Crippen LogP contribution < -0.4 is 0 Å². The number of aliphatic hydroxyl groups excluding tert-OH is 1. The van der Waals surface area contributed by atoms with Crippen LogP contribution in [0.15, 0.2) is 30.9 Å².